The fourth-order valence-electron chi connectivity index (χ4n) is 2.02. The van der Waals surface area contributed by atoms with E-state index in [0.29, 0.717) is 5.56 Å². The smallest absolute Gasteiger partial charge is 0.188 e. The van der Waals surface area contributed by atoms with Crippen LogP contribution < -0.4 is 10.5 Å². The number of Topliss-reactive ketones (excluding diaryl/α,β-unsaturated/α-hetero) is 1. The molecule has 2 unspecified atom stereocenters. The van der Waals surface area contributed by atoms with Crippen molar-refractivity contribution in [3.63, 3.8) is 0 Å². The van der Waals surface area contributed by atoms with Crippen LogP contribution in [0.25, 0.3) is 0 Å². The Bertz CT molecular complexity index is 676. The maximum atomic E-state index is 12.2. The molecule has 0 bridgehead atoms. The average Bonchev–Trinajstić information content (AvgIpc) is 2.47. The molecular weight excluding hydrogens is 312 g/mol. The summed E-state index contributed by atoms with van der Waals surface area (Å²) in [5.74, 6) is -0.276. The summed E-state index contributed by atoms with van der Waals surface area (Å²) in [6, 6.07) is 10.6. The second-order valence-electron chi connectivity index (χ2n) is 4.57. The molecule has 0 aliphatic rings. The Balaban J connectivity index is 2.38. The van der Waals surface area contributed by atoms with E-state index in [9.17, 15) is 20.4 Å². The molecule has 4 N–H and O–H groups in total. The summed E-state index contributed by atoms with van der Waals surface area (Å²) in [6.45, 7) is 0. The number of ketones is 1. The highest BCUT2D eigenvalue weighted by molar-refractivity contribution is 6.32. The minimum Gasteiger partial charge on any atom is -0.595 e. The Labute approximate surface area is 130 Å². The van der Waals surface area contributed by atoms with E-state index < -0.39 is 10.5 Å². The van der Waals surface area contributed by atoms with Crippen molar-refractivity contribution in [2.24, 2.45) is 0 Å². The Kier molecular flexibility index (Phi) is 5.22. The van der Waals surface area contributed by atoms with Crippen LogP contribution in [0.1, 0.15) is 15.9 Å². The summed E-state index contributed by atoms with van der Waals surface area (Å²) in [7, 11) is 0. The molecule has 0 saturated heterocycles. The molecule has 2 aromatic rings. The predicted molar refractivity (Wildman–Crippen MR) is 77.5 cm³/mol. The molecule has 0 aliphatic carbocycles. The van der Waals surface area contributed by atoms with E-state index in [1.165, 1.54) is 6.07 Å². The topological polar surface area (TPSA) is 113 Å². The Morgan fingerprint density at radius 3 is 2.18 bits per heavy atom. The molecule has 0 spiro atoms. The molecule has 2 rings (SSSR count). The monoisotopic (exact) mass is 324 g/mol. The summed E-state index contributed by atoms with van der Waals surface area (Å²) in [5, 5.41) is 37.7. The zero-order valence-corrected chi connectivity index (χ0v) is 12.0. The minimum absolute atomic E-state index is 0.103. The normalized spacial score (nSPS) is 13.7. The second kappa shape index (κ2) is 6.95. The van der Waals surface area contributed by atoms with Gasteiger partial charge in [-0.25, -0.2) is 10.4 Å². The number of carbonyl (C=O) groups excluding carboxylic acids is 1. The Morgan fingerprint density at radius 2 is 1.64 bits per heavy atom. The van der Waals surface area contributed by atoms with E-state index in [0.717, 1.165) is 6.07 Å². The number of benzene rings is 2. The third kappa shape index (κ3) is 3.67. The van der Waals surface area contributed by atoms with Crippen LogP contribution in [0.15, 0.2) is 42.5 Å². The molecule has 22 heavy (non-hydrogen) atoms. The Hall–Kier alpha value is -1.84. The van der Waals surface area contributed by atoms with Gasteiger partial charge in [0.2, 0.25) is 0 Å². The SMILES string of the molecule is O=C(Cc1cc(Cl)c([NH+]([O-])O)cc1[NH+]([O-])O)c1ccccc1. The van der Waals surface area contributed by atoms with Crippen LogP contribution in [0, 0.1) is 10.4 Å². The van der Waals surface area contributed by atoms with Crippen molar-refractivity contribution >= 4 is 28.8 Å². The zero-order valence-electron chi connectivity index (χ0n) is 11.2. The number of nitrogens with one attached hydrogen (secondary N) is 2. The van der Waals surface area contributed by atoms with Gasteiger partial charge in [0.15, 0.2) is 17.2 Å². The van der Waals surface area contributed by atoms with Crippen LogP contribution in [-0.2, 0) is 6.42 Å². The van der Waals surface area contributed by atoms with Gasteiger partial charge in [-0.15, -0.1) is 0 Å². The molecule has 116 valence electrons. The highest BCUT2D eigenvalue weighted by Crippen LogP contribution is 2.26. The van der Waals surface area contributed by atoms with Crippen molar-refractivity contribution in [2.75, 3.05) is 0 Å². The molecule has 2 aromatic carbocycles. The molecule has 8 heteroatoms. The highest BCUT2D eigenvalue weighted by Gasteiger charge is 2.20. The lowest BCUT2D eigenvalue weighted by atomic mass is 10.0. The third-order valence-corrected chi connectivity index (χ3v) is 3.41. The second-order valence-corrected chi connectivity index (χ2v) is 4.97. The maximum Gasteiger partial charge on any atom is 0.188 e. The van der Waals surface area contributed by atoms with Crippen LogP contribution >= 0.6 is 11.6 Å². The lowest BCUT2D eigenvalue weighted by molar-refractivity contribution is -0.996. The molecule has 0 aliphatic heterocycles. The number of quaternary nitrogens is 2. The van der Waals surface area contributed by atoms with Gasteiger partial charge >= 0.3 is 0 Å². The summed E-state index contributed by atoms with van der Waals surface area (Å²) >= 11 is 5.85. The van der Waals surface area contributed by atoms with E-state index in [4.69, 9.17) is 16.8 Å². The minimum atomic E-state index is -1.33. The van der Waals surface area contributed by atoms with E-state index in [1.54, 1.807) is 30.3 Å². The van der Waals surface area contributed by atoms with Crippen LogP contribution in [0.3, 0.4) is 0 Å². The number of halogens is 1. The van der Waals surface area contributed by atoms with Crippen molar-refractivity contribution in [1.82, 2.24) is 0 Å². The van der Waals surface area contributed by atoms with Crippen molar-refractivity contribution in [3.05, 3.63) is 69.0 Å². The van der Waals surface area contributed by atoms with Gasteiger partial charge in [0, 0.05) is 17.5 Å². The highest BCUT2D eigenvalue weighted by atomic mass is 35.5. The van der Waals surface area contributed by atoms with Gasteiger partial charge in [-0.05, 0) is 6.07 Å². The summed E-state index contributed by atoms with van der Waals surface area (Å²) in [5.41, 5.74) is 0.0645. The van der Waals surface area contributed by atoms with E-state index in [2.05, 4.69) is 0 Å². The molecule has 0 aromatic heterocycles. The summed E-state index contributed by atoms with van der Waals surface area (Å²) < 4.78 is 0. The van der Waals surface area contributed by atoms with Gasteiger partial charge in [0.05, 0.1) is 6.07 Å². The molecule has 7 nitrogen and oxygen atoms in total. The molecule has 0 radical (unpaired) electrons. The van der Waals surface area contributed by atoms with Crippen molar-refractivity contribution in [1.29, 1.82) is 0 Å². The van der Waals surface area contributed by atoms with Crippen molar-refractivity contribution < 1.29 is 25.7 Å². The first-order chi connectivity index (χ1) is 10.4. The summed E-state index contributed by atoms with van der Waals surface area (Å²) in [6.07, 6.45) is -0.175. The molecule has 0 heterocycles. The predicted octanol–water partition coefficient (Wildman–Crippen LogP) is 0.572. The lowest BCUT2D eigenvalue weighted by Crippen LogP contribution is -3.01. The first-order valence-corrected chi connectivity index (χ1v) is 6.65. The van der Waals surface area contributed by atoms with Gasteiger partial charge in [0.25, 0.3) is 0 Å². The number of hydrogen-bond donors (Lipinski definition) is 4. The quantitative estimate of drug-likeness (QED) is 0.474. The number of hydrogen-bond acceptors (Lipinski definition) is 5. The molecule has 0 amide bonds. The third-order valence-electron chi connectivity index (χ3n) is 3.10. The fourth-order valence-corrected chi connectivity index (χ4v) is 2.29. The van der Waals surface area contributed by atoms with Crippen LogP contribution in [0.5, 0.6) is 0 Å². The zero-order chi connectivity index (χ0) is 16.3. The van der Waals surface area contributed by atoms with Crippen LogP contribution in [0.2, 0.25) is 5.02 Å². The van der Waals surface area contributed by atoms with Gasteiger partial charge < -0.3 is 10.4 Å². The first-order valence-electron chi connectivity index (χ1n) is 6.27. The van der Waals surface area contributed by atoms with E-state index in [1.807, 2.05) is 0 Å². The van der Waals surface area contributed by atoms with Gasteiger partial charge in [-0.3, -0.25) is 4.79 Å². The largest absolute Gasteiger partial charge is 0.595 e. The van der Waals surface area contributed by atoms with E-state index in [-0.39, 0.29) is 34.2 Å². The molecule has 0 fully saturated rings. The standard InChI is InChI=1S/C14H13ClN2O5/c15-11-6-10(7-14(18)9-4-2-1-3-5-9)12(16(19)20)8-13(11)17(21)22/h1-6,8,16-17,19,21H,7H2. The van der Waals surface area contributed by atoms with Crippen molar-refractivity contribution in [2.45, 2.75) is 6.42 Å². The Morgan fingerprint density at radius 1 is 1.05 bits per heavy atom. The van der Waals surface area contributed by atoms with Crippen LogP contribution in [0.4, 0.5) is 11.4 Å². The average molecular weight is 325 g/mol. The summed E-state index contributed by atoms with van der Waals surface area (Å²) in [4.78, 5) is 12.2. The van der Waals surface area contributed by atoms with Crippen molar-refractivity contribution in [3.8, 4) is 0 Å². The molecule has 2 atom stereocenters. The maximum absolute atomic E-state index is 12.2. The van der Waals surface area contributed by atoms with E-state index >= 15 is 0 Å². The fraction of sp³-hybridized carbons (Fsp3) is 0.0714. The number of carbonyl (C=O) groups is 1. The molecule has 0 saturated carbocycles. The van der Waals surface area contributed by atoms with Gasteiger partial charge in [-0.1, -0.05) is 41.9 Å². The first kappa shape index (κ1) is 16.5. The van der Waals surface area contributed by atoms with Crippen LogP contribution in [-0.4, -0.2) is 16.2 Å². The molecular formula is C14H13ClN2O5. The van der Waals surface area contributed by atoms with Gasteiger partial charge in [-0.2, -0.15) is 10.5 Å². The van der Waals surface area contributed by atoms with Gasteiger partial charge in [0.1, 0.15) is 5.02 Å². The number of rotatable bonds is 5. The lowest BCUT2D eigenvalue weighted by Gasteiger charge is -2.19.